The number of hydrogen-bond donors (Lipinski definition) is 3. The zero-order valence-electron chi connectivity index (χ0n) is 13.1. The van der Waals surface area contributed by atoms with Gasteiger partial charge in [0.25, 0.3) is 0 Å². The highest BCUT2D eigenvalue weighted by Crippen LogP contribution is 2.24. The Balaban J connectivity index is 1.92. The Morgan fingerprint density at radius 2 is 2.04 bits per heavy atom. The lowest BCUT2D eigenvalue weighted by molar-refractivity contribution is 0.214. The highest BCUT2D eigenvalue weighted by molar-refractivity contribution is 5.56. The van der Waals surface area contributed by atoms with E-state index in [1.165, 1.54) is 12.3 Å². The summed E-state index contributed by atoms with van der Waals surface area (Å²) < 4.78 is 34.5. The summed E-state index contributed by atoms with van der Waals surface area (Å²) in [6.45, 7) is 1.85. The third-order valence-electron chi connectivity index (χ3n) is 3.17. The molecule has 0 bridgehead atoms. The van der Waals surface area contributed by atoms with Crippen molar-refractivity contribution in [2.24, 2.45) is 0 Å². The summed E-state index contributed by atoms with van der Waals surface area (Å²) in [6, 6.07) is 7.64. The van der Waals surface area contributed by atoms with Gasteiger partial charge in [0.1, 0.15) is 6.08 Å². The van der Waals surface area contributed by atoms with Gasteiger partial charge in [0, 0.05) is 23.6 Å². The van der Waals surface area contributed by atoms with Crippen LogP contribution in [0.2, 0.25) is 0 Å². The average molecular weight is 317 g/mol. The van der Waals surface area contributed by atoms with E-state index in [1.54, 1.807) is 12.1 Å². The number of aromatic amines is 1. The largest absolute Gasteiger partial charge is 0.382 e. The van der Waals surface area contributed by atoms with Crippen LogP contribution in [0.3, 0.4) is 0 Å². The van der Waals surface area contributed by atoms with Gasteiger partial charge in [0.05, 0.1) is 7.06 Å². The minimum Gasteiger partial charge on any atom is -0.382 e. The minimum atomic E-state index is -2.33. The van der Waals surface area contributed by atoms with Crippen molar-refractivity contribution in [2.45, 2.75) is 13.0 Å². The maximum Gasteiger partial charge on any atom is 0.159 e. The van der Waals surface area contributed by atoms with Crippen LogP contribution in [-0.2, 0) is 0 Å². The second kappa shape index (κ2) is 6.13. The van der Waals surface area contributed by atoms with E-state index in [0.717, 1.165) is 23.9 Å². The first-order valence-electron chi connectivity index (χ1n) is 7.30. The van der Waals surface area contributed by atoms with Crippen molar-refractivity contribution < 1.29 is 15.3 Å². The normalized spacial score (nSPS) is 14.2. The molecule has 0 amide bonds. The lowest BCUT2D eigenvalue weighted by Crippen LogP contribution is -2.04. The number of H-pyrrole nitrogens is 1. The van der Waals surface area contributed by atoms with Crippen LogP contribution in [-0.4, -0.2) is 20.3 Å². The molecule has 0 aliphatic carbocycles. The van der Waals surface area contributed by atoms with Gasteiger partial charge >= 0.3 is 0 Å². The fourth-order valence-corrected chi connectivity index (χ4v) is 2.06. The molecule has 0 spiro atoms. The summed E-state index contributed by atoms with van der Waals surface area (Å²) in [5, 5.41) is 20.2. The van der Waals surface area contributed by atoms with Crippen molar-refractivity contribution in [2.75, 3.05) is 5.32 Å². The number of halogens is 2. The van der Waals surface area contributed by atoms with Crippen molar-refractivity contribution in [1.29, 1.82) is 0 Å². The third-order valence-corrected chi connectivity index (χ3v) is 3.17. The Morgan fingerprint density at radius 1 is 1.22 bits per heavy atom. The molecule has 5 nitrogen and oxygen atoms in total. The summed E-state index contributed by atoms with van der Waals surface area (Å²) in [5.74, 6) is -1.63. The molecule has 0 saturated carbocycles. The van der Waals surface area contributed by atoms with Crippen LogP contribution < -0.4 is 5.32 Å². The van der Waals surface area contributed by atoms with E-state index in [1.807, 2.05) is 6.92 Å². The topological polar surface area (TPSA) is 73.8 Å². The number of benzene rings is 1. The molecule has 1 unspecified atom stereocenters. The van der Waals surface area contributed by atoms with Gasteiger partial charge in [-0.15, -0.1) is 0 Å². The molecule has 3 N–H and O–H groups in total. The van der Waals surface area contributed by atoms with Crippen molar-refractivity contribution >= 4 is 11.5 Å². The molecule has 1 atom stereocenters. The smallest absolute Gasteiger partial charge is 0.159 e. The number of nitrogens with one attached hydrogen (secondary N) is 2. The standard InChI is InChI=1S/C16H14F2N4O/c1-9-6-15(22-21-9)20-11-4-5-19-14(8-11)16(23)10-2-3-12(17)13(18)7-10/h2-8,16,23H,1H3,(H2,19,20,21,22)/i16D. The van der Waals surface area contributed by atoms with E-state index >= 15 is 0 Å². The average Bonchev–Trinajstić information content (AvgIpc) is 2.95. The number of nitrogens with zero attached hydrogens (tertiary/aromatic N) is 2. The zero-order chi connectivity index (χ0) is 17.3. The quantitative estimate of drug-likeness (QED) is 0.691. The third kappa shape index (κ3) is 3.35. The molecule has 2 aromatic heterocycles. The van der Waals surface area contributed by atoms with Gasteiger partial charge in [-0.3, -0.25) is 10.1 Å². The summed E-state index contributed by atoms with van der Waals surface area (Å²) in [5.41, 5.74) is 1.25. The Kier molecular flexibility index (Phi) is 3.69. The zero-order valence-corrected chi connectivity index (χ0v) is 12.1. The maximum absolute atomic E-state index is 13.4. The summed E-state index contributed by atoms with van der Waals surface area (Å²) in [4.78, 5) is 3.96. The lowest BCUT2D eigenvalue weighted by Gasteiger charge is -2.12. The van der Waals surface area contributed by atoms with Crippen molar-refractivity contribution in [1.82, 2.24) is 15.2 Å². The molecular formula is C16H14F2N4O. The second-order valence-corrected chi connectivity index (χ2v) is 4.97. The summed E-state index contributed by atoms with van der Waals surface area (Å²) in [6.07, 6.45) is -0.926. The molecule has 3 rings (SSSR count). The van der Waals surface area contributed by atoms with Crippen molar-refractivity contribution in [3.63, 3.8) is 0 Å². The Hall–Kier alpha value is -2.80. The molecule has 0 aliphatic rings. The van der Waals surface area contributed by atoms with Crippen LogP contribution in [0.15, 0.2) is 42.6 Å². The lowest BCUT2D eigenvalue weighted by atomic mass is 10.1. The van der Waals surface area contributed by atoms with E-state index < -0.39 is 17.7 Å². The van der Waals surface area contributed by atoms with E-state index in [9.17, 15) is 13.9 Å². The molecule has 0 aliphatic heterocycles. The molecule has 7 heteroatoms. The molecule has 0 saturated heterocycles. The van der Waals surface area contributed by atoms with E-state index in [0.29, 0.717) is 11.5 Å². The molecule has 1 aromatic carbocycles. The number of aliphatic hydroxyl groups is 1. The molecule has 0 radical (unpaired) electrons. The van der Waals surface area contributed by atoms with Crippen LogP contribution in [0.25, 0.3) is 0 Å². The number of pyridine rings is 1. The van der Waals surface area contributed by atoms with E-state index in [-0.39, 0.29) is 11.3 Å². The number of aryl methyl sites for hydroxylation is 1. The number of aromatic nitrogens is 3. The molecular weight excluding hydrogens is 302 g/mol. The minimum absolute atomic E-state index is 0.0363. The van der Waals surface area contributed by atoms with Crippen LogP contribution in [0, 0.1) is 18.6 Å². The van der Waals surface area contributed by atoms with Gasteiger partial charge in [0.2, 0.25) is 0 Å². The predicted octanol–water partition coefficient (Wildman–Crippen LogP) is 3.22. The van der Waals surface area contributed by atoms with Crippen LogP contribution in [0.5, 0.6) is 0 Å². The summed E-state index contributed by atoms with van der Waals surface area (Å²) in [7, 11) is 0. The monoisotopic (exact) mass is 317 g/mol. The van der Waals surface area contributed by atoms with Gasteiger partial charge in [-0.25, -0.2) is 8.78 Å². The van der Waals surface area contributed by atoms with Crippen LogP contribution in [0.4, 0.5) is 20.3 Å². The van der Waals surface area contributed by atoms with Gasteiger partial charge in [-0.2, -0.15) is 5.10 Å². The Bertz CT molecular complexity index is 882. The van der Waals surface area contributed by atoms with Gasteiger partial charge in [-0.1, -0.05) is 6.07 Å². The molecule has 2 heterocycles. The number of anilines is 2. The van der Waals surface area contributed by atoms with Gasteiger partial charge in [-0.05, 0) is 36.8 Å². The summed E-state index contributed by atoms with van der Waals surface area (Å²) >= 11 is 0. The highest BCUT2D eigenvalue weighted by atomic mass is 19.2. The first-order chi connectivity index (χ1) is 11.4. The van der Waals surface area contributed by atoms with Crippen molar-refractivity contribution in [3.8, 4) is 0 Å². The number of rotatable bonds is 4. The van der Waals surface area contributed by atoms with Crippen LogP contribution in [0.1, 0.15) is 24.4 Å². The molecule has 0 fully saturated rings. The fourth-order valence-electron chi connectivity index (χ4n) is 2.06. The van der Waals surface area contributed by atoms with E-state index in [4.69, 9.17) is 1.37 Å². The van der Waals surface area contributed by atoms with Crippen molar-refractivity contribution in [3.05, 3.63) is 71.2 Å². The SMILES string of the molecule is [2H]C(O)(c1ccc(F)c(F)c1)c1cc(Nc2cc(C)[nH]n2)ccn1. The predicted molar refractivity (Wildman–Crippen MR) is 81.3 cm³/mol. The first kappa shape index (κ1) is 13.8. The van der Waals surface area contributed by atoms with E-state index in [2.05, 4.69) is 20.5 Å². The van der Waals surface area contributed by atoms with Gasteiger partial charge in [0.15, 0.2) is 17.5 Å². The Morgan fingerprint density at radius 3 is 2.74 bits per heavy atom. The molecule has 3 aromatic rings. The molecule has 23 heavy (non-hydrogen) atoms. The fraction of sp³-hybridized carbons (Fsp3) is 0.125. The van der Waals surface area contributed by atoms with Crippen LogP contribution >= 0.6 is 0 Å². The maximum atomic E-state index is 13.4. The number of hydrogen-bond acceptors (Lipinski definition) is 4. The first-order valence-corrected chi connectivity index (χ1v) is 6.80. The molecule has 118 valence electrons. The van der Waals surface area contributed by atoms with Gasteiger partial charge < -0.3 is 10.4 Å². The highest BCUT2D eigenvalue weighted by Gasteiger charge is 2.15. The Labute approximate surface area is 132 Å². The second-order valence-electron chi connectivity index (χ2n) is 4.97.